The highest BCUT2D eigenvalue weighted by molar-refractivity contribution is 6.04. The zero-order chi connectivity index (χ0) is 26.2. The van der Waals surface area contributed by atoms with Gasteiger partial charge in [0.1, 0.15) is 5.82 Å². The summed E-state index contributed by atoms with van der Waals surface area (Å²) >= 11 is 0. The number of carbonyl (C=O) groups excluding carboxylic acids is 2. The van der Waals surface area contributed by atoms with Gasteiger partial charge in [0.05, 0.1) is 5.52 Å². The topological polar surface area (TPSA) is 112 Å². The second kappa shape index (κ2) is 12.2. The van der Waals surface area contributed by atoms with Crippen molar-refractivity contribution in [3.63, 3.8) is 0 Å². The predicted molar refractivity (Wildman–Crippen MR) is 147 cm³/mol. The normalized spacial score (nSPS) is 10.9. The number of nitrogens with one attached hydrogen (secondary N) is 3. The van der Waals surface area contributed by atoms with Crippen molar-refractivity contribution < 1.29 is 14.7 Å². The lowest BCUT2D eigenvalue weighted by molar-refractivity contribution is 0.102. The number of hydrogen-bond donors (Lipinski definition) is 4. The summed E-state index contributed by atoms with van der Waals surface area (Å²) in [6.07, 6.45) is 4.14. The van der Waals surface area contributed by atoms with E-state index in [0.717, 1.165) is 34.4 Å². The summed E-state index contributed by atoms with van der Waals surface area (Å²) in [5.41, 5.74) is 4.30. The van der Waals surface area contributed by atoms with Gasteiger partial charge in [-0.1, -0.05) is 12.1 Å². The van der Waals surface area contributed by atoms with E-state index in [1.807, 2.05) is 48.5 Å². The maximum absolute atomic E-state index is 12.8. The smallest absolute Gasteiger partial charge is 0.325 e. The molecule has 2 heterocycles. The van der Waals surface area contributed by atoms with Crippen molar-refractivity contribution in [1.29, 1.82) is 0 Å². The fourth-order valence-electron chi connectivity index (χ4n) is 4.16. The molecular formula is C28H32N6O3. The molecule has 0 unspecified atom stereocenters. The fraction of sp³-hybridized carbons (Fsp3) is 0.250. The SMILES string of the molecule is CCN(c1ccnc(NC(=O)c2ccc(CNCCCO)cc2)c1)c1ccc2c(ccn2C(=O)NC)c1. The number of aliphatic hydroxyl groups is 1. The van der Waals surface area contributed by atoms with Crippen LogP contribution < -0.4 is 20.9 Å². The van der Waals surface area contributed by atoms with Crippen LogP contribution in [0.3, 0.4) is 0 Å². The number of aromatic nitrogens is 2. The Bertz CT molecular complexity index is 1370. The van der Waals surface area contributed by atoms with Crippen molar-refractivity contribution in [2.24, 2.45) is 0 Å². The average Bonchev–Trinajstić information content (AvgIpc) is 3.35. The van der Waals surface area contributed by atoms with E-state index in [9.17, 15) is 9.59 Å². The molecule has 0 spiro atoms. The molecule has 0 saturated heterocycles. The largest absolute Gasteiger partial charge is 0.396 e. The number of carbonyl (C=O) groups is 2. The molecule has 4 N–H and O–H groups in total. The Labute approximate surface area is 216 Å². The van der Waals surface area contributed by atoms with Crippen LogP contribution in [-0.4, -0.2) is 53.3 Å². The third-order valence-electron chi connectivity index (χ3n) is 6.09. The summed E-state index contributed by atoms with van der Waals surface area (Å²) in [5.74, 6) is 0.229. The van der Waals surface area contributed by atoms with Crippen LogP contribution in [0.15, 0.2) is 73.1 Å². The number of amides is 2. The second-order valence-electron chi connectivity index (χ2n) is 8.53. The number of fused-ring (bicyclic) bond motifs is 1. The van der Waals surface area contributed by atoms with Crippen LogP contribution in [-0.2, 0) is 6.54 Å². The van der Waals surface area contributed by atoms with E-state index >= 15 is 0 Å². The van der Waals surface area contributed by atoms with Crippen molar-refractivity contribution in [2.45, 2.75) is 19.9 Å². The van der Waals surface area contributed by atoms with Gasteiger partial charge < -0.3 is 26.0 Å². The van der Waals surface area contributed by atoms with Crippen LogP contribution in [0.2, 0.25) is 0 Å². The van der Waals surface area contributed by atoms with Crippen LogP contribution in [0.4, 0.5) is 22.0 Å². The molecule has 0 radical (unpaired) electrons. The van der Waals surface area contributed by atoms with E-state index in [4.69, 9.17) is 5.11 Å². The highest BCUT2D eigenvalue weighted by Gasteiger charge is 2.14. The Morgan fingerprint density at radius 3 is 2.54 bits per heavy atom. The number of pyridine rings is 1. The Hall–Kier alpha value is -4.21. The van der Waals surface area contributed by atoms with Gasteiger partial charge in [-0.15, -0.1) is 0 Å². The molecule has 9 heteroatoms. The molecule has 2 aromatic carbocycles. The number of benzene rings is 2. The monoisotopic (exact) mass is 500 g/mol. The highest BCUT2D eigenvalue weighted by Crippen LogP contribution is 2.30. The van der Waals surface area contributed by atoms with Crippen LogP contribution >= 0.6 is 0 Å². The lowest BCUT2D eigenvalue weighted by Gasteiger charge is -2.24. The summed E-state index contributed by atoms with van der Waals surface area (Å²) in [5, 5.41) is 18.6. The van der Waals surface area contributed by atoms with Crippen molar-refractivity contribution >= 4 is 40.0 Å². The van der Waals surface area contributed by atoms with Crippen molar-refractivity contribution in [3.05, 3.63) is 84.2 Å². The molecule has 0 aliphatic heterocycles. The number of anilines is 3. The summed E-state index contributed by atoms with van der Waals surface area (Å²) in [6.45, 7) is 4.35. The number of nitrogens with zero attached hydrogens (tertiary/aromatic N) is 3. The molecular weight excluding hydrogens is 468 g/mol. The third kappa shape index (κ3) is 6.14. The molecule has 9 nitrogen and oxygen atoms in total. The van der Waals surface area contributed by atoms with E-state index in [2.05, 4.69) is 32.8 Å². The number of aliphatic hydroxyl groups excluding tert-OH is 1. The first kappa shape index (κ1) is 25.9. The molecule has 2 aromatic heterocycles. The molecule has 0 fully saturated rings. The second-order valence-corrected chi connectivity index (χ2v) is 8.53. The first-order valence-corrected chi connectivity index (χ1v) is 12.3. The van der Waals surface area contributed by atoms with E-state index in [0.29, 0.717) is 30.9 Å². The van der Waals surface area contributed by atoms with Gasteiger partial charge in [0.15, 0.2) is 0 Å². The van der Waals surface area contributed by atoms with Crippen LogP contribution in [0.5, 0.6) is 0 Å². The maximum Gasteiger partial charge on any atom is 0.325 e. The van der Waals surface area contributed by atoms with Crippen LogP contribution in [0, 0.1) is 0 Å². The molecule has 0 atom stereocenters. The molecule has 192 valence electrons. The first-order valence-electron chi connectivity index (χ1n) is 12.3. The van der Waals surface area contributed by atoms with Gasteiger partial charge in [0.2, 0.25) is 0 Å². The predicted octanol–water partition coefficient (Wildman–Crippen LogP) is 4.11. The number of hydrogen-bond acceptors (Lipinski definition) is 6. The molecule has 4 rings (SSSR count). The molecule has 0 bridgehead atoms. The van der Waals surface area contributed by atoms with Gasteiger partial charge in [-0.3, -0.25) is 9.36 Å². The zero-order valence-electron chi connectivity index (χ0n) is 21.1. The van der Waals surface area contributed by atoms with Gasteiger partial charge in [0.25, 0.3) is 5.91 Å². The van der Waals surface area contributed by atoms with E-state index in [1.54, 1.807) is 36.1 Å². The molecule has 4 aromatic rings. The number of rotatable bonds is 10. The highest BCUT2D eigenvalue weighted by atomic mass is 16.3. The standard InChI is InChI=1S/C28H32N6O3/c1-3-33(23-9-10-25-22(17-23)12-15-34(25)28(37)29-2)24-11-14-31-26(18-24)32-27(36)21-7-5-20(6-8-21)19-30-13-4-16-35/h5-12,14-15,17-18,30,35H,3-4,13,16,19H2,1-2H3,(H,29,37)(H,31,32,36). The minimum absolute atomic E-state index is 0.167. The Kier molecular flexibility index (Phi) is 8.50. The molecule has 0 saturated carbocycles. The quantitative estimate of drug-likeness (QED) is 0.244. The molecule has 0 aliphatic rings. The van der Waals surface area contributed by atoms with Gasteiger partial charge >= 0.3 is 6.03 Å². The van der Waals surface area contributed by atoms with Crippen LogP contribution in [0.1, 0.15) is 29.3 Å². The Morgan fingerprint density at radius 2 is 1.81 bits per heavy atom. The summed E-state index contributed by atoms with van der Waals surface area (Å²) in [6, 6.07) is 18.8. The minimum atomic E-state index is -0.232. The van der Waals surface area contributed by atoms with Crippen molar-refractivity contribution in [1.82, 2.24) is 20.2 Å². The summed E-state index contributed by atoms with van der Waals surface area (Å²) < 4.78 is 1.58. The summed E-state index contributed by atoms with van der Waals surface area (Å²) in [7, 11) is 1.61. The Balaban J connectivity index is 1.47. The van der Waals surface area contributed by atoms with Crippen molar-refractivity contribution in [3.8, 4) is 0 Å². The zero-order valence-corrected chi connectivity index (χ0v) is 21.1. The Morgan fingerprint density at radius 1 is 1.03 bits per heavy atom. The van der Waals surface area contributed by atoms with Crippen LogP contribution in [0.25, 0.3) is 10.9 Å². The van der Waals surface area contributed by atoms with Gasteiger partial charge in [-0.25, -0.2) is 9.78 Å². The molecule has 0 aliphatic carbocycles. The summed E-state index contributed by atoms with van der Waals surface area (Å²) in [4.78, 5) is 31.4. The third-order valence-corrected chi connectivity index (χ3v) is 6.09. The molecule has 37 heavy (non-hydrogen) atoms. The first-order chi connectivity index (χ1) is 18.0. The van der Waals surface area contributed by atoms with Crippen molar-refractivity contribution in [2.75, 3.05) is 37.0 Å². The average molecular weight is 501 g/mol. The van der Waals surface area contributed by atoms with E-state index in [1.165, 1.54) is 0 Å². The van der Waals surface area contributed by atoms with E-state index < -0.39 is 0 Å². The van der Waals surface area contributed by atoms with E-state index in [-0.39, 0.29) is 18.5 Å². The molecule has 2 amide bonds. The van der Waals surface area contributed by atoms with Gasteiger partial charge in [-0.05, 0) is 67.9 Å². The maximum atomic E-state index is 12.8. The van der Waals surface area contributed by atoms with Gasteiger partial charge in [-0.2, -0.15) is 0 Å². The minimum Gasteiger partial charge on any atom is -0.396 e. The lowest BCUT2D eigenvalue weighted by Crippen LogP contribution is -2.23. The van der Waals surface area contributed by atoms with Gasteiger partial charge in [0, 0.05) is 67.5 Å². The lowest BCUT2D eigenvalue weighted by atomic mass is 10.1. The fourth-order valence-corrected chi connectivity index (χ4v) is 4.16.